The molecule has 0 radical (unpaired) electrons. The van der Waals surface area contributed by atoms with Crippen LogP contribution >= 0.6 is 11.6 Å². The molecule has 11 rings (SSSR count). The molecule has 0 amide bonds. The van der Waals surface area contributed by atoms with Crippen molar-refractivity contribution in [3.05, 3.63) is 135 Å². The van der Waals surface area contributed by atoms with Crippen molar-refractivity contribution in [3.8, 4) is 11.1 Å². The number of pyridine rings is 2. The second-order valence-electron chi connectivity index (χ2n) is 20.9. The number of benzene rings is 2. The second-order valence-corrected chi connectivity index (χ2v) is 24.9. The van der Waals surface area contributed by atoms with E-state index < -0.39 is 38.4 Å². The predicted molar refractivity (Wildman–Crippen MR) is 311 cm³/mol. The van der Waals surface area contributed by atoms with Gasteiger partial charge >= 0.3 is 46.0 Å². The average molecular weight is 1180 g/mol. The molecule has 0 saturated carbocycles. The number of fused-ring (bicyclic) bond motifs is 4. The molecule has 3 saturated heterocycles. The molecule has 3 fully saturated rings. The van der Waals surface area contributed by atoms with Gasteiger partial charge in [-0.25, -0.2) is 0 Å². The Balaban J connectivity index is 0.000000170. The zero-order valence-electron chi connectivity index (χ0n) is 46.9. The van der Waals surface area contributed by atoms with E-state index in [4.69, 9.17) is 39.9 Å². The van der Waals surface area contributed by atoms with E-state index in [0.29, 0.717) is 93.5 Å². The van der Waals surface area contributed by atoms with Crippen molar-refractivity contribution in [2.75, 3.05) is 76.3 Å². The first-order valence-corrected chi connectivity index (χ1v) is 29.1. The molecule has 4 aromatic carbocycles. The van der Waals surface area contributed by atoms with Crippen LogP contribution in [-0.4, -0.2) is 157 Å². The molecule has 0 spiro atoms. The Labute approximate surface area is 491 Å². The minimum Gasteiger partial charge on any atom is -0.555 e. The fourth-order valence-electron chi connectivity index (χ4n) is 9.21. The number of hydrogen-bond donors (Lipinski definition) is 3. The zero-order valence-corrected chi connectivity index (χ0v) is 49.3. The van der Waals surface area contributed by atoms with Gasteiger partial charge in [0.15, 0.2) is 10.9 Å². The van der Waals surface area contributed by atoms with Gasteiger partial charge in [0.25, 0.3) is 0 Å². The van der Waals surface area contributed by atoms with Crippen molar-refractivity contribution >= 4 is 99.0 Å². The fourth-order valence-corrected chi connectivity index (χ4v) is 11.3. The molecule has 8 aromatic rings. The third kappa shape index (κ3) is 14.2. The Morgan fingerprint density at radius 1 is 0.634 bits per heavy atom. The monoisotopic (exact) mass is 1180 g/mol. The van der Waals surface area contributed by atoms with Crippen LogP contribution in [-0.2, 0) is 62.8 Å². The van der Waals surface area contributed by atoms with Crippen LogP contribution in [0.5, 0.6) is 0 Å². The van der Waals surface area contributed by atoms with Crippen LogP contribution < -0.4 is 44.6 Å². The third-order valence-electron chi connectivity index (χ3n) is 14.3. The molecule has 28 heteroatoms. The topological polar surface area (TPSA) is 270 Å². The number of nitrogens with one attached hydrogen (secondary N) is 2. The van der Waals surface area contributed by atoms with Crippen LogP contribution in [0.2, 0.25) is 5.02 Å². The normalized spacial score (nSPS) is 18.6. The summed E-state index contributed by atoms with van der Waals surface area (Å²) in [5.41, 5.74) is 2.22. The van der Waals surface area contributed by atoms with Crippen LogP contribution in [0.1, 0.15) is 27.7 Å². The number of likely N-dealkylation sites (N-methyl/N-ethyl adjacent to an activating group) is 2. The van der Waals surface area contributed by atoms with Gasteiger partial charge in [-0.15, -0.1) is 0 Å². The number of ether oxygens (including phenoxy) is 4. The first-order chi connectivity index (χ1) is 38.3. The number of aryl methyl sites for hydroxylation is 2. The molecule has 2 atom stereocenters. The first kappa shape index (κ1) is 62.1. The SMILES string of the molecule is CN(C[C@@H]1COCCO1)S(=O)(=O)Nc1ccc2ccc3ncc(-c4cnn(C)c4)cc3c(=O)c2c1.CN(C[C@@H]1COCCO1)S(=O)(=O)Nc1ccc2ccc3ncc(Cl)cc3c(=O)c2c1.Cn1cc([B-]2(O)OC(C)(C)C(C)(C)O2)cn1.[Li+]. The summed E-state index contributed by atoms with van der Waals surface area (Å²) in [6.45, 7) is 8.07. The number of nitrogens with zero attached hydrogens (tertiary/aromatic N) is 8. The van der Waals surface area contributed by atoms with Crippen molar-refractivity contribution in [1.29, 1.82) is 0 Å². The van der Waals surface area contributed by atoms with E-state index in [9.17, 15) is 31.4 Å². The Morgan fingerprint density at radius 2 is 1.10 bits per heavy atom. The van der Waals surface area contributed by atoms with Crippen molar-refractivity contribution in [2.24, 2.45) is 14.1 Å². The summed E-state index contributed by atoms with van der Waals surface area (Å²) in [6.07, 6.45) is 9.36. The quantitative estimate of drug-likeness (QED) is 0.147. The summed E-state index contributed by atoms with van der Waals surface area (Å²) in [5.74, 6) is 0. The fraction of sp³-hybridized carbons (Fsp3) is 0.370. The van der Waals surface area contributed by atoms with E-state index in [1.807, 2.05) is 40.9 Å². The minimum absolute atomic E-state index is 0. The molecule has 0 bridgehead atoms. The molecular formula is C54H63BClLiN10O13S2. The van der Waals surface area contributed by atoms with E-state index in [1.54, 1.807) is 108 Å². The van der Waals surface area contributed by atoms with E-state index >= 15 is 0 Å². The number of aromatic nitrogens is 6. The van der Waals surface area contributed by atoms with Crippen molar-refractivity contribution in [2.45, 2.75) is 51.1 Å². The van der Waals surface area contributed by atoms with Crippen LogP contribution in [0.25, 0.3) is 54.5 Å². The van der Waals surface area contributed by atoms with Gasteiger partial charge in [0, 0.05) is 110 Å². The standard InChI is InChI=1S/C24H25N5O5S.C20H20ClN3O5S.C10H18BN2O3.Li/c1-28-13-18(12-26-28)17-9-22-23(25-11-17)6-4-16-3-5-19(10-21(16)24(22)30)27-35(31,32)29(2)14-20-15-33-7-8-34-20;1-24(11-16-12-28-6-7-29-16)30(26,27)23-15-4-2-13-3-5-19-18(8-14(21)10-22-19)20(25)17(13)9-15;1-9(2)10(3,4)16-11(14,15-9)8-6-12-13(5)7-8;/h3-6,9-13,20,27H,7-8,14-15H2,1-2H3;2-5,8-10,16,23H,6-7,11-12H2,1H3;6-7,14H,1-5H3;/q;;-1;+1/t20-;16-;;/m11../s1. The van der Waals surface area contributed by atoms with Crippen LogP contribution in [0, 0.1) is 0 Å². The van der Waals surface area contributed by atoms with Gasteiger partial charge in [-0.3, -0.25) is 38.4 Å². The molecule has 0 unspecified atom stereocenters. The molecule has 3 aliphatic heterocycles. The Kier molecular flexibility index (Phi) is 19.0. The molecular weight excluding hydrogens is 1110 g/mol. The second kappa shape index (κ2) is 25.1. The van der Waals surface area contributed by atoms with Gasteiger partial charge in [-0.05, 0) is 93.2 Å². The predicted octanol–water partition coefficient (Wildman–Crippen LogP) is 1.72. The maximum absolute atomic E-state index is 13.5. The minimum atomic E-state index is -3.87. The van der Waals surface area contributed by atoms with E-state index in [-0.39, 0.29) is 66.4 Å². The Hall–Kier alpha value is -5.93. The van der Waals surface area contributed by atoms with E-state index in [0.717, 1.165) is 11.1 Å². The molecule has 3 N–H and O–H groups in total. The summed E-state index contributed by atoms with van der Waals surface area (Å²) in [5, 5.41) is 21.9. The number of halogens is 1. The molecule has 7 heterocycles. The van der Waals surface area contributed by atoms with Gasteiger partial charge < -0.3 is 33.3 Å². The molecule has 3 aliphatic rings. The van der Waals surface area contributed by atoms with Crippen molar-refractivity contribution in [3.63, 3.8) is 0 Å². The molecule has 430 valence electrons. The first-order valence-electron chi connectivity index (χ1n) is 25.8. The third-order valence-corrected chi connectivity index (χ3v) is 17.4. The summed E-state index contributed by atoms with van der Waals surface area (Å²) in [6, 6.07) is 20.2. The number of hydrogen-bond acceptors (Lipinski definition) is 17. The van der Waals surface area contributed by atoms with Crippen LogP contribution in [0.15, 0.2) is 120 Å². The summed E-state index contributed by atoms with van der Waals surface area (Å²) in [4.78, 5) is 35.2. The van der Waals surface area contributed by atoms with Crippen LogP contribution in [0.3, 0.4) is 0 Å². The average Bonchev–Trinajstić information content (AvgIpc) is 4.12. The van der Waals surface area contributed by atoms with E-state index in [2.05, 4.69) is 29.6 Å². The maximum atomic E-state index is 13.5. The van der Waals surface area contributed by atoms with Crippen molar-refractivity contribution < 1.29 is 69.0 Å². The van der Waals surface area contributed by atoms with Gasteiger partial charge in [0.05, 0.1) is 85.5 Å². The van der Waals surface area contributed by atoms with Gasteiger partial charge in [-0.2, -0.15) is 35.6 Å². The van der Waals surface area contributed by atoms with E-state index in [1.165, 1.54) is 35.0 Å². The van der Waals surface area contributed by atoms with Gasteiger partial charge in [-0.1, -0.05) is 41.3 Å². The van der Waals surface area contributed by atoms with Crippen molar-refractivity contribution in [1.82, 2.24) is 38.1 Å². The molecule has 0 aliphatic carbocycles. The summed E-state index contributed by atoms with van der Waals surface area (Å²) in [7, 11) is -1.18. The largest absolute Gasteiger partial charge is 1.00 e. The number of rotatable bonds is 12. The molecule has 4 aromatic heterocycles. The maximum Gasteiger partial charge on any atom is 1.00 e. The Morgan fingerprint density at radius 3 is 1.55 bits per heavy atom. The summed E-state index contributed by atoms with van der Waals surface area (Å²) >= 11 is 6.00. The molecule has 23 nitrogen and oxygen atoms in total. The van der Waals surface area contributed by atoms with Gasteiger partial charge in [0.2, 0.25) is 0 Å². The molecule has 82 heavy (non-hydrogen) atoms. The Bertz CT molecular complexity index is 3990. The summed E-state index contributed by atoms with van der Waals surface area (Å²) < 4.78 is 95.1. The zero-order chi connectivity index (χ0) is 58.1. The van der Waals surface area contributed by atoms with Crippen LogP contribution in [0.4, 0.5) is 11.4 Å². The van der Waals surface area contributed by atoms with Gasteiger partial charge in [0.1, 0.15) is 0 Å². The number of anilines is 2. The smallest absolute Gasteiger partial charge is 0.555 e.